The molecule has 0 radical (unpaired) electrons. The van der Waals surface area contributed by atoms with Crippen molar-refractivity contribution in [2.45, 2.75) is 33.1 Å². The molecule has 114 valence electrons. The molecule has 2 aromatic carbocycles. The summed E-state index contributed by atoms with van der Waals surface area (Å²) in [5, 5.41) is 0. The lowest BCUT2D eigenvalue weighted by Gasteiger charge is -2.05. The molecule has 0 heterocycles. The van der Waals surface area contributed by atoms with Crippen molar-refractivity contribution in [3.05, 3.63) is 71.3 Å². The fourth-order valence-corrected chi connectivity index (χ4v) is 2.16. The molecule has 2 aromatic rings. The quantitative estimate of drug-likeness (QED) is 0.535. The summed E-state index contributed by atoms with van der Waals surface area (Å²) in [4.78, 5) is 12.1. The van der Waals surface area contributed by atoms with Gasteiger partial charge in [0.15, 0.2) is 0 Å². The van der Waals surface area contributed by atoms with Gasteiger partial charge >= 0.3 is 5.97 Å². The zero-order chi connectivity index (χ0) is 15.8. The minimum atomic E-state index is -0.320. The third-order valence-electron chi connectivity index (χ3n) is 3.36. The first kappa shape index (κ1) is 16.0. The Kier molecular flexibility index (Phi) is 5.96. The third-order valence-corrected chi connectivity index (χ3v) is 3.36. The van der Waals surface area contributed by atoms with Crippen LogP contribution in [0.2, 0.25) is 0 Å². The van der Waals surface area contributed by atoms with E-state index in [0.717, 1.165) is 24.8 Å². The van der Waals surface area contributed by atoms with Crippen LogP contribution in [0.15, 0.2) is 54.6 Å². The average molecular weight is 294 g/mol. The van der Waals surface area contributed by atoms with E-state index in [1.165, 1.54) is 5.56 Å². The normalized spacial score (nSPS) is 10.8. The van der Waals surface area contributed by atoms with E-state index in [0.29, 0.717) is 11.3 Å². The number of rotatable bonds is 6. The maximum absolute atomic E-state index is 12.1. The molecule has 0 saturated carbocycles. The molecule has 0 atom stereocenters. The van der Waals surface area contributed by atoms with Gasteiger partial charge in [-0.15, -0.1) is 0 Å². The van der Waals surface area contributed by atoms with Crippen molar-refractivity contribution in [1.82, 2.24) is 0 Å². The number of carbonyl (C=O) groups excluding carboxylic acids is 1. The van der Waals surface area contributed by atoms with Gasteiger partial charge in [0.25, 0.3) is 0 Å². The first-order chi connectivity index (χ1) is 10.7. The van der Waals surface area contributed by atoms with Gasteiger partial charge in [0.2, 0.25) is 0 Å². The van der Waals surface area contributed by atoms with Crippen LogP contribution < -0.4 is 4.74 Å². The molecule has 0 aliphatic rings. The van der Waals surface area contributed by atoms with E-state index < -0.39 is 0 Å². The van der Waals surface area contributed by atoms with Crippen LogP contribution in [0.5, 0.6) is 5.75 Å². The lowest BCUT2D eigenvalue weighted by atomic mass is 10.1. The molecule has 0 unspecified atom stereocenters. The second kappa shape index (κ2) is 8.18. The molecule has 0 saturated heterocycles. The van der Waals surface area contributed by atoms with Crippen molar-refractivity contribution in [3.8, 4) is 5.75 Å². The summed E-state index contributed by atoms with van der Waals surface area (Å²) in [6.07, 6.45) is 7.28. The van der Waals surface area contributed by atoms with E-state index in [9.17, 15) is 4.79 Å². The molecule has 2 nitrogen and oxygen atoms in total. The highest BCUT2D eigenvalue weighted by atomic mass is 16.5. The highest BCUT2D eigenvalue weighted by Gasteiger charge is 2.08. The van der Waals surface area contributed by atoms with Gasteiger partial charge in [-0.3, -0.25) is 0 Å². The van der Waals surface area contributed by atoms with Gasteiger partial charge < -0.3 is 4.74 Å². The van der Waals surface area contributed by atoms with E-state index in [1.807, 2.05) is 48.5 Å². The highest BCUT2D eigenvalue weighted by Crippen LogP contribution is 2.16. The second-order valence-electron chi connectivity index (χ2n) is 5.22. The molecule has 0 bridgehead atoms. The molecule has 0 aromatic heterocycles. The molecule has 2 heteroatoms. The van der Waals surface area contributed by atoms with E-state index in [-0.39, 0.29) is 5.97 Å². The number of aryl methyl sites for hydroxylation is 1. The molecule has 0 spiro atoms. The Bertz CT molecular complexity index is 622. The molecule has 0 fully saturated rings. The number of esters is 1. The first-order valence-corrected chi connectivity index (χ1v) is 7.80. The van der Waals surface area contributed by atoms with Crippen molar-refractivity contribution < 1.29 is 9.53 Å². The van der Waals surface area contributed by atoms with Crippen LogP contribution in [0.1, 0.15) is 48.2 Å². The topological polar surface area (TPSA) is 26.3 Å². The molecule has 22 heavy (non-hydrogen) atoms. The Morgan fingerprint density at radius 1 is 1.00 bits per heavy atom. The van der Waals surface area contributed by atoms with Crippen LogP contribution in [0.3, 0.4) is 0 Å². The van der Waals surface area contributed by atoms with Gasteiger partial charge in [0.05, 0.1) is 5.56 Å². The van der Waals surface area contributed by atoms with Gasteiger partial charge in [-0.1, -0.05) is 56.7 Å². The van der Waals surface area contributed by atoms with Crippen LogP contribution in [-0.2, 0) is 6.42 Å². The fraction of sp³-hybridized carbons (Fsp3) is 0.250. The van der Waals surface area contributed by atoms with Crippen LogP contribution >= 0.6 is 0 Å². The monoisotopic (exact) mass is 294 g/mol. The van der Waals surface area contributed by atoms with E-state index in [4.69, 9.17) is 4.74 Å². The van der Waals surface area contributed by atoms with Crippen LogP contribution in [0.25, 0.3) is 6.08 Å². The highest BCUT2D eigenvalue weighted by molar-refractivity contribution is 5.91. The number of benzene rings is 2. The zero-order valence-electron chi connectivity index (χ0n) is 13.2. The Labute approximate surface area is 132 Å². The lowest BCUT2D eigenvalue weighted by Crippen LogP contribution is -2.08. The fourth-order valence-electron chi connectivity index (χ4n) is 2.16. The first-order valence-electron chi connectivity index (χ1n) is 7.80. The van der Waals surface area contributed by atoms with Gasteiger partial charge in [0, 0.05) is 0 Å². The molecule has 0 N–H and O–H groups in total. The number of hydrogen-bond acceptors (Lipinski definition) is 2. The summed E-state index contributed by atoms with van der Waals surface area (Å²) < 4.78 is 5.40. The summed E-state index contributed by atoms with van der Waals surface area (Å²) in [7, 11) is 0. The molecule has 0 aliphatic heterocycles. The Hall–Kier alpha value is -2.35. The van der Waals surface area contributed by atoms with Crippen molar-refractivity contribution in [2.75, 3.05) is 0 Å². The Morgan fingerprint density at radius 2 is 1.68 bits per heavy atom. The Balaban J connectivity index is 2.00. The summed E-state index contributed by atoms with van der Waals surface area (Å²) in [5.74, 6) is 0.246. The summed E-state index contributed by atoms with van der Waals surface area (Å²) in [5.41, 5.74) is 2.92. The SMILES string of the molecule is CC/C=C/c1ccc(OC(=O)c2ccc(CCC)cc2)cc1. The molecular formula is C20H22O2. The largest absolute Gasteiger partial charge is 0.423 e. The maximum Gasteiger partial charge on any atom is 0.343 e. The van der Waals surface area contributed by atoms with Gasteiger partial charge in [-0.2, -0.15) is 0 Å². The number of carbonyl (C=O) groups is 1. The molecule has 0 aliphatic carbocycles. The predicted octanol–water partition coefficient (Wildman–Crippen LogP) is 5.28. The van der Waals surface area contributed by atoms with Crippen LogP contribution in [-0.4, -0.2) is 5.97 Å². The van der Waals surface area contributed by atoms with Crippen LogP contribution in [0.4, 0.5) is 0 Å². The van der Waals surface area contributed by atoms with Crippen LogP contribution in [0, 0.1) is 0 Å². The smallest absolute Gasteiger partial charge is 0.343 e. The standard InChI is InChI=1S/C20H22O2/c1-3-5-7-17-10-14-19(15-11-17)22-20(21)18-12-8-16(6-4-2)9-13-18/h5,7-15H,3-4,6H2,1-2H3/b7-5+. The molecular weight excluding hydrogens is 272 g/mol. The minimum Gasteiger partial charge on any atom is -0.423 e. The number of hydrogen-bond donors (Lipinski definition) is 0. The van der Waals surface area contributed by atoms with E-state index in [2.05, 4.69) is 26.0 Å². The van der Waals surface area contributed by atoms with Gasteiger partial charge in [-0.05, 0) is 48.2 Å². The summed E-state index contributed by atoms with van der Waals surface area (Å²) >= 11 is 0. The van der Waals surface area contributed by atoms with Crippen molar-refractivity contribution >= 4 is 12.0 Å². The molecule has 2 rings (SSSR count). The zero-order valence-corrected chi connectivity index (χ0v) is 13.2. The summed E-state index contributed by atoms with van der Waals surface area (Å²) in [6, 6.07) is 15.1. The van der Waals surface area contributed by atoms with E-state index >= 15 is 0 Å². The number of allylic oxidation sites excluding steroid dienone is 1. The summed E-state index contributed by atoms with van der Waals surface area (Å²) in [6.45, 7) is 4.24. The Morgan fingerprint density at radius 3 is 2.27 bits per heavy atom. The van der Waals surface area contributed by atoms with Crippen molar-refractivity contribution in [1.29, 1.82) is 0 Å². The number of ether oxygens (including phenoxy) is 1. The lowest BCUT2D eigenvalue weighted by molar-refractivity contribution is 0.0735. The van der Waals surface area contributed by atoms with Crippen molar-refractivity contribution in [3.63, 3.8) is 0 Å². The molecule has 0 amide bonds. The van der Waals surface area contributed by atoms with Gasteiger partial charge in [0.1, 0.15) is 5.75 Å². The maximum atomic E-state index is 12.1. The van der Waals surface area contributed by atoms with E-state index in [1.54, 1.807) is 0 Å². The van der Waals surface area contributed by atoms with Crippen molar-refractivity contribution in [2.24, 2.45) is 0 Å². The van der Waals surface area contributed by atoms with Gasteiger partial charge in [-0.25, -0.2) is 4.79 Å². The second-order valence-corrected chi connectivity index (χ2v) is 5.22. The predicted molar refractivity (Wildman–Crippen MR) is 91.2 cm³/mol. The third kappa shape index (κ3) is 4.59. The average Bonchev–Trinajstić information content (AvgIpc) is 2.55. The minimum absolute atomic E-state index is 0.320.